The van der Waals surface area contributed by atoms with Crippen LogP contribution in [-0.4, -0.2) is 47.7 Å². The number of alkyl halides is 1. The van der Waals surface area contributed by atoms with Crippen LogP contribution in [0, 0.1) is 0 Å². The summed E-state index contributed by atoms with van der Waals surface area (Å²) < 4.78 is 0. The molecule has 1 aromatic rings. The van der Waals surface area contributed by atoms with E-state index in [1.54, 1.807) is 19.4 Å². The van der Waals surface area contributed by atoms with Crippen molar-refractivity contribution in [1.82, 2.24) is 15.2 Å². The van der Waals surface area contributed by atoms with Gasteiger partial charge < -0.3 is 10.2 Å². The average Bonchev–Trinajstić information content (AvgIpc) is 2.38. The van der Waals surface area contributed by atoms with Gasteiger partial charge in [-0.2, -0.15) is 0 Å². The number of aromatic nitrogens is 1. The lowest BCUT2D eigenvalue weighted by Crippen LogP contribution is -2.39. The molecule has 98 valence electrons. The predicted octanol–water partition coefficient (Wildman–Crippen LogP) is 0.437. The molecular weight excluding hydrogens is 254 g/mol. The zero-order valence-electron chi connectivity index (χ0n) is 10.2. The Morgan fingerprint density at radius 2 is 2.06 bits per heavy atom. The normalized spacial score (nSPS) is 9.89. The topological polar surface area (TPSA) is 62.3 Å². The van der Waals surface area contributed by atoms with Gasteiger partial charge in [-0.1, -0.05) is 0 Å². The molecule has 0 unspecified atom stereocenters. The first kappa shape index (κ1) is 14.4. The van der Waals surface area contributed by atoms with Gasteiger partial charge in [-0.05, 0) is 24.1 Å². The van der Waals surface area contributed by atoms with Crippen molar-refractivity contribution in [3.05, 3.63) is 30.1 Å². The quantitative estimate of drug-likeness (QED) is 0.762. The standard InChI is InChI=1S/C12H16ClN3O2/c1-16(12(18)8-13)9-11(17)15-7-4-10-2-5-14-6-3-10/h2-3,5-6H,4,7-9H2,1H3,(H,15,17). The molecule has 5 nitrogen and oxygen atoms in total. The van der Waals surface area contributed by atoms with Crippen molar-refractivity contribution in [3.63, 3.8) is 0 Å². The fourth-order valence-electron chi connectivity index (χ4n) is 1.36. The Labute approximate surface area is 111 Å². The van der Waals surface area contributed by atoms with Gasteiger partial charge in [0.15, 0.2) is 0 Å². The van der Waals surface area contributed by atoms with Crippen molar-refractivity contribution in [2.45, 2.75) is 6.42 Å². The SMILES string of the molecule is CN(CC(=O)NCCc1ccncc1)C(=O)CCl. The molecule has 18 heavy (non-hydrogen) atoms. The Hall–Kier alpha value is -1.62. The van der Waals surface area contributed by atoms with Crippen LogP contribution in [0.4, 0.5) is 0 Å². The van der Waals surface area contributed by atoms with Crippen LogP contribution in [-0.2, 0) is 16.0 Å². The van der Waals surface area contributed by atoms with E-state index < -0.39 is 0 Å². The lowest BCUT2D eigenvalue weighted by atomic mass is 10.2. The number of hydrogen-bond donors (Lipinski definition) is 1. The van der Waals surface area contributed by atoms with Crippen LogP contribution < -0.4 is 5.32 Å². The Morgan fingerprint density at radius 1 is 1.39 bits per heavy atom. The molecule has 0 aliphatic heterocycles. The third-order valence-electron chi connectivity index (χ3n) is 2.41. The predicted molar refractivity (Wildman–Crippen MR) is 69.3 cm³/mol. The average molecular weight is 270 g/mol. The second kappa shape index (κ2) is 7.66. The fraction of sp³-hybridized carbons (Fsp3) is 0.417. The van der Waals surface area contributed by atoms with E-state index in [-0.39, 0.29) is 24.2 Å². The third kappa shape index (κ3) is 5.14. The zero-order chi connectivity index (χ0) is 13.4. The summed E-state index contributed by atoms with van der Waals surface area (Å²) in [5.74, 6) is -0.563. The molecule has 2 amide bonds. The maximum atomic E-state index is 11.5. The molecule has 0 aliphatic rings. The molecule has 0 radical (unpaired) electrons. The summed E-state index contributed by atoms with van der Waals surface area (Å²) in [7, 11) is 1.55. The first-order valence-electron chi connectivity index (χ1n) is 5.59. The summed E-state index contributed by atoms with van der Waals surface area (Å²) >= 11 is 5.39. The van der Waals surface area contributed by atoms with Crippen molar-refractivity contribution in [1.29, 1.82) is 0 Å². The minimum Gasteiger partial charge on any atom is -0.354 e. The Kier molecular flexibility index (Phi) is 6.14. The molecule has 0 aliphatic carbocycles. The molecule has 1 N–H and O–H groups in total. The lowest BCUT2D eigenvalue weighted by Gasteiger charge is -2.15. The van der Waals surface area contributed by atoms with Gasteiger partial charge in [0.1, 0.15) is 5.88 Å². The van der Waals surface area contributed by atoms with Crippen LogP contribution in [0.5, 0.6) is 0 Å². The van der Waals surface area contributed by atoms with Gasteiger partial charge >= 0.3 is 0 Å². The minimum atomic E-state index is -0.263. The van der Waals surface area contributed by atoms with Crippen molar-refractivity contribution >= 4 is 23.4 Å². The molecule has 0 saturated carbocycles. The first-order valence-corrected chi connectivity index (χ1v) is 6.12. The van der Waals surface area contributed by atoms with E-state index in [1.165, 1.54) is 4.90 Å². The van der Waals surface area contributed by atoms with Gasteiger partial charge in [0.25, 0.3) is 0 Å². The largest absolute Gasteiger partial charge is 0.354 e. The number of rotatable bonds is 6. The van der Waals surface area contributed by atoms with Gasteiger partial charge in [0.05, 0.1) is 6.54 Å². The molecule has 0 spiro atoms. The Balaban J connectivity index is 2.23. The highest BCUT2D eigenvalue weighted by atomic mass is 35.5. The third-order valence-corrected chi connectivity index (χ3v) is 2.63. The highest BCUT2D eigenvalue weighted by Gasteiger charge is 2.10. The van der Waals surface area contributed by atoms with Crippen molar-refractivity contribution in [2.24, 2.45) is 0 Å². The number of nitrogens with one attached hydrogen (secondary N) is 1. The number of hydrogen-bond acceptors (Lipinski definition) is 3. The van der Waals surface area contributed by atoms with Crippen molar-refractivity contribution in [3.8, 4) is 0 Å². The number of pyridine rings is 1. The van der Waals surface area contributed by atoms with Gasteiger partial charge in [0, 0.05) is 26.0 Å². The van der Waals surface area contributed by atoms with Crippen LogP contribution in [0.25, 0.3) is 0 Å². The van der Waals surface area contributed by atoms with Crippen LogP contribution in [0.2, 0.25) is 0 Å². The fourth-order valence-corrected chi connectivity index (χ4v) is 1.56. The number of amides is 2. The molecule has 1 aromatic heterocycles. The Morgan fingerprint density at radius 3 is 2.67 bits per heavy atom. The van der Waals surface area contributed by atoms with Gasteiger partial charge in [-0.25, -0.2) is 0 Å². The Bertz CT molecular complexity index is 398. The summed E-state index contributed by atoms with van der Waals surface area (Å²) in [6.45, 7) is 0.563. The molecule has 0 atom stereocenters. The second-order valence-corrected chi connectivity index (χ2v) is 4.11. The van der Waals surface area contributed by atoms with E-state index in [1.807, 2.05) is 12.1 Å². The second-order valence-electron chi connectivity index (χ2n) is 3.84. The molecular formula is C12H16ClN3O2. The molecule has 0 aromatic carbocycles. The number of carbonyl (C=O) groups excluding carboxylic acids is 2. The molecule has 6 heteroatoms. The minimum absolute atomic E-state index is 0.0297. The maximum absolute atomic E-state index is 11.5. The monoisotopic (exact) mass is 269 g/mol. The highest BCUT2D eigenvalue weighted by Crippen LogP contribution is 1.96. The molecule has 0 fully saturated rings. The number of halogens is 1. The highest BCUT2D eigenvalue weighted by molar-refractivity contribution is 6.27. The van der Waals surface area contributed by atoms with Gasteiger partial charge in [-0.3, -0.25) is 14.6 Å². The maximum Gasteiger partial charge on any atom is 0.239 e. The molecule has 1 rings (SSSR count). The number of nitrogens with zero attached hydrogens (tertiary/aromatic N) is 2. The van der Waals surface area contributed by atoms with Crippen molar-refractivity contribution in [2.75, 3.05) is 26.0 Å². The molecule has 1 heterocycles. The summed E-state index contributed by atoms with van der Waals surface area (Å²) in [5.41, 5.74) is 1.11. The summed E-state index contributed by atoms with van der Waals surface area (Å²) in [6.07, 6.45) is 4.16. The van der Waals surface area contributed by atoms with E-state index in [2.05, 4.69) is 10.3 Å². The van der Waals surface area contributed by atoms with Gasteiger partial charge in [0.2, 0.25) is 11.8 Å². The van der Waals surface area contributed by atoms with Gasteiger partial charge in [-0.15, -0.1) is 11.6 Å². The van der Waals surface area contributed by atoms with Crippen LogP contribution in [0.15, 0.2) is 24.5 Å². The van der Waals surface area contributed by atoms with E-state index in [9.17, 15) is 9.59 Å². The number of likely N-dealkylation sites (N-methyl/N-ethyl adjacent to an activating group) is 1. The van der Waals surface area contributed by atoms with E-state index in [4.69, 9.17) is 11.6 Å². The summed E-state index contributed by atoms with van der Waals surface area (Å²) in [6, 6.07) is 3.80. The zero-order valence-corrected chi connectivity index (χ0v) is 11.0. The van der Waals surface area contributed by atoms with Crippen molar-refractivity contribution < 1.29 is 9.59 Å². The lowest BCUT2D eigenvalue weighted by molar-refractivity contribution is -0.132. The molecule has 0 bridgehead atoms. The van der Waals surface area contributed by atoms with Crippen LogP contribution in [0.3, 0.4) is 0 Å². The van der Waals surface area contributed by atoms with Crippen LogP contribution >= 0.6 is 11.6 Å². The van der Waals surface area contributed by atoms with E-state index in [0.29, 0.717) is 6.54 Å². The molecule has 0 saturated heterocycles. The summed E-state index contributed by atoms with van der Waals surface area (Å²) in [4.78, 5) is 27.9. The van der Waals surface area contributed by atoms with E-state index in [0.717, 1.165) is 12.0 Å². The summed E-state index contributed by atoms with van der Waals surface area (Å²) in [5, 5.41) is 2.74. The van der Waals surface area contributed by atoms with Crippen LogP contribution in [0.1, 0.15) is 5.56 Å². The van der Waals surface area contributed by atoms with E-state index >= 15 is 0 Å². The first-order chi connectivity index (χ1) is 8.63. The smallest absolute Gasteiger partial charge is 0.239 e. The number of carbonyl (C=O) groups is 2.